The molecule has 0 saturated heterocycles. The van der Waals surface area contributed by atoms with E-state index in [0.29, 0.717) is 29.4 Å². The lowest BCUT2D eigenvalue weighted by Gasteiger charge is -2.11. The minimum atomic E-state index is -0.687. The quantitative estimate of drug-likeness (QED) is 0.497. The molecule has 0 unspecified atom stereocenters. The van der Waals surface area contributed by atoms with Crippen LogP contribution < -0.4 is 20.1 Å². The number of nitrogens with one attached hydrogen (secondary N) is 2. The van der Waals surface area contributed by atoms with Crippen molar-refractivity contribution < 1.29 is 28.6 Å². The highest BCUT2D eigenvalue weighted by Crippen LogP contribution is 2.28. The Morgan fingerprint density at radius 2 is 1.86 bits per heavy atom. The molecule has 0 aliphatic carbocycles. The fraction of sp³-hybridized carbons (Fsp3) is 0.190. The Morgan fingerprint density at radius 1 is 1.07 bits per heavy atom. The second-order valence-corrected chi connectivity index (χ2v) is 5.75. The monoisotopic (exact) mass is 398 g/mol. The summed E-state index contributed by atoms with van der Waals surface area (Å²) in [4.78, 5) is 35.9. The van der Waals surface area contributed by atoms with E-state index in [-0.39, 0.29) is 11.5 Å². The minimum Gasteiger partial charge on any atom is -0.493 e. The van der Waals surface area contributed by atoms with Crippen molar-refractivity contribution in [3.63, 3.8) is 0 Å². The molecule has 0 fully saturated rings. The van der Waals surface area contributed by atoms with Crippen molar-refractivity contribution in [2.24, 2.45) is 0 Å². The van der Waals surface area contributed by atoms with Crippen LogP contribution in [0.15, 0.2) is 55.1 Å². The zero-order chi connectivity index (χ0) is 21.2. The van der Waals surface area contributed by atoms with Gasteiger partial charge < -0.3 is 24.8 Å². The third-order valence-corrected chi connectivity index (χ3v) is 3.73. The fourth-order valence-electron chi connectivity index (χ4n) is 2.36. The van der Waals surface area contributed by atoms with Gasteiger partial charge in [-0.15, -0.1) is 0 Å². The molecule has 2 aromatic rings. The van der Waals surface area contributed by atoms with Gasteiger partial charge in [-0.05, 0) is 36.4 Å². The van der Waals surface area contributed by atoms with Crippen molar-refractivity contribution in [1.82, 2.24) is 5.32 Å². The molecule has 2 N–H and O–H groups in total. The summed E-state index contributed by atoms with van der Waals surface area (Å²) in [5.41, 5.74) is 1.02. The van der Waals surface area contributed by atoms with Crippen LogP contribution in [0.4, 0.5) is 5.69 Å². The standard InChI is InChI=1S/C21H22N2O6/c1-4-10-28-17-9-8-15(12-18(17)27-3)21(26)29-13-19(24)23-16-7-5-6-14(11-16)20(25)22-2/h4-9,11-12H,1,10,13H2,2-3H3,(H,22,25)(H,23,24). The van der Waals surface area contributed by atoms with Crippen molar-refractivity contribution in [3.05, 3.63) is 66.2 Å². The van der Waals surface area contributed by atoms with Crippen molar-refractivity contribution in [1.29, 1.82) is 0 Å². The molecule has 0 aliphatic rings. The van der Waals surface area contributed by atoms with Crippen LogP contribution in [-0.4, -0.2) is 45.2 Å². The van der Waals surface area contributed by atoms with Crippen molar-refractivity contribution in [3.8, 4) is 11.5 Å². The Kier molecular flexibility index (Phi) is 7.78. The smallest absolute Gasteiger partial charge is 0.338 e. The molecule has 152 valence electrons. The average molecular weight is 398 g/mol. The van der Waals surface area contributed by atoms with Crippen LogP contribution in [0, 0.1) is 0 Å². The molecule has 8 nitrogen and oxygen atoms in total. The minimum absolute atomic E-state index is 0.210. The lowest BCUT2D eigenvalue weighted by atomic mass is 10.2. The Morgan fingerprint density at radius 3 is 2.55 bits per heavy atom. The number of esters is 1. The number of benzene rings is 2. The SMILES string of the molecule is C=CCOc1ccc(C(=O)OCC(=O)Nc2cccc(C(=O)NC)c2)cc1OC. The van der Waals surface area contributed by atoms with Crippen LogP contribution in [0.3, 0.4) is 0 Å². The Labute approximate surface area is 168 Å². The van der Waals surface area contributed by atoms with Gasteiger partial charge in [0, 0.05) is 18.3 Å². The first kappa shape index (κ1) is 21.5. The van der Waals surface area contributed by atoms with E-state index in [2.05, 4.69) is 17.2 Å². The molecule has 0 aliphatic heterocycles. The zero-order valence-electron chi connectivity index (χ0n) is 16.2. The molecule has 0 aromatic heterocycles. The Balaban J connectivity index is 1.95. The van der Waals surface area contributed by atoms with E-state index >= 15 is 0 Å². The van der Waals surface area contributed by atoms with Gasteiger partial charge in [-0.2, -0.15) is 0 Å². The molecule has 2 amide bonds. The summed E-state index contributed by atoms with van der Waals surface area (Å²) in [6.45, 7) is 3.37. The second kappa shape index (κ2) is 10.5. The molecule has 0 atom stereocenters. The molecular weight excluding hydrogens is 376 g/mol. The summed E-state index contributed by atoms with van der Waals surface area (Å²) in [5.74, 6) is -0.686. The van der Waals surface area contributed by atoms with Gasteiger partial charge in [0.05, 0.1) is 12.7 Å². The van der Waals surface area contributed by atoms with Gasteiger partial charge in [-0.1, -0.05) is 18.7 Å². The molecule has 0 heterocycles. The number of methoxy groups -OCH3 is 1. The molecule has 0 spiro atoms. The van der Waals surface area contributed by atoms with Gasteiger partial charge in [0.1, 0.15) is 6.61 Å². The van der Waals surface area contributed by atoms with Crippen LogP contribution in [0.1, 0.15) is 20.7 Å². The van der Waals surface area contributed by atoms with Crippen LogP contribution >= 0.6 is 0 Å². The Hall–Kier alpha value is -3.81. The first-order chi connectivity index (χ1) is 14.0. The molecule has 0 radical (unpaired) electrons. The largest absolute Gasteiger partial charge is 0.493 e. The highest BCUT2D eigenvalue weighted by Gasteiger charge is 2.14. The molecule has 8 heteroatoms. The summed E-state index contributed by atoms with van der Waals surface area (Å²) >= 11 is 0. The van der Waals surface area contributed by atoms with Gasteiger partial charge in [-0.3, -0.25) is 9.59 Å². The van der Waals surface area contributed by atoms with Crippen molar-refractivity contribution in [2.45, 2.75) is 0 Å². The number of ether oxygens (including phenoxy) is 3. The van der Waals surface area contributed by atoms with Gasteiger partial charge in [-0.25, -0.2) is 4.79 Å². The molecular formula is C21H22N2O6. The average Bonchev–Trinajstić information content (AvgIpc) is 2.75. The van der Waals surface area contributed by atoms with E-state index in [1.54, 1.807) is 30.3 Å². The van der Waals surface area contributed by atoms with Gasteiger partial charge in [0.2, 0.25) is 0 Å². The van der Waals surface area contributed by atoms with Gasteiger partial charge in [0.25, 0.3) is 11.8 Å². The number of rotatable bonds is 9. The third kappa shape index (κ3) is 6.10. The van der Waals surface area contributed by atoms with Crippen LogP contribution in [0.25, 0.3) is 0 Å². The summed E-state index contributed by atoms with van der Waals surface area (Å²) in [7, 11) is 2.96. The maximum Gasteiger partial charge on any atom is 0.338 e. The van der Waals surface area contributed by atoms with Crippen molar-refractivity contribution >= 4 is 23.5 Å². The maximum absolute atomic E-state index is 12.2. The zero-order valence-corrected chi connectivity index (χ0v) is 16.2. The maximum atomic E-state index is 12.2. The normalized spacial score (nSPS) is 9.86. The Bertz CT molecular complexity index is 910. The highest BCUT2D eigenvalue weighted by molar-refractivity contribution is 5.98. The number of hydrogen-bond donors (Lipinski definition) is 2. The first-order valence-electron chi connectivity index (χ1n) is 8.69. The van der Waals surface area contributed by atoms with Gasteiger partial charge in [0.15, 0.2) is 18.1 Å². The topological polar surface area (TPSA) is 103 Å². The number of amides is 2. The van der Waals surface area contributed by atoms with Gasteiger partial charge >= 0.3 is 5.97 Å². The van der Waals surface area contributed by atoms with Crippen LogP contribution in [-0.2, 0) is 9.53 Å². The third-order valence-electron chi connectivity index (χ3n) is 3.73. The van der Waals surface area contributed by atoms with E-state index in [1.807, 2.05) is 0 Å². The second-order valence-electron chi connectivity index (χ2n) is 5.75. The molecule has 2 aromatic carbocycles. The summed E-state index contributed by atoms with van der Waals surface area (Å²) < 4.78 is 15.7. The molecule has 29 heavy (non-hydrogen) atoms. The summed E-state index contributed by atoms with van der Waals surface area (Å²) in [6.07, 6.45) is 1.59. The number of carbonyl (C=O) groups is 3. The number of hydrogen-bond acceptors (Lipinski definition) is 6. The molecule has 2 rings (SSSR count). The van der Waals surface area contributed by atoms with E-state index < -0.39 is 18.5 Å². The number of anilines is 1. The molecule has 0 saturated carbocycles. The number of carbonyl (C=O) groups excluding carboxylic acids is 3. The first-order valence-corrected chi connectivity index (χ1v) is 8.69. The van der Waals surface area contributed by atoms with E-state index in [4.69, 9.17) is 14.2 Å². The predicted molar refractivity (Wildman–Crippen MR) is 107 cm³/mol. The fourth-order valence-corrected chi connectivity index (χ4v) is 2.36. The summed E-state index contributed by atoms with van der Waals surface area (Å²) in [6, 6.07) is 10.9. The lowest BCUT2D eigenvalue weighted by molar-refractivity contribution is -0.119. The predicted octanol–water partition coefficient (Wildman–Crippen LogP) is 2.42. The van der Waals surface area contributed by atoms with E-state index in [9.17, 15) is 14.4 Å². The van der Waals surface area contributed by atoms with Crippen LogP contribution in [0.5, 0.6) is 11.5 Å². The molecule has 0 bridgehead atoms. The lowest BCUT2D eigenvalue weighted by Crippen LogP contribution is -2.22. The van der Waals surface area contributed by atoms with E-state index in [0.717, 1.165) is 0 Å². The van der Waals surface area contributed by atoms with E-state index in [1.165, 1.54) is 32.4 Å². The van der Waals surface area contributed by atoms with Crippen molar-refractivity contribution in [2.75, 3.05) is 32.7 Å². The highest BCUT2D eigenvalue weighted by atomic mass is 16.5. The summed E-state index contributed by atoms with van der Waals surface area (Å²) in [5, 5.41) is 5.07. The van der Waals surface area contributed by atoms with Crippen LogP contribution in [0.2, 0.25) is 0 Å².